The first-order valence-electron chi connectivity index (χ1n) is 7.51. The van der Waals surface area contributed by atoms with Crippen LogP contribution in [0.4, 0.5) is 5.69 Å². The minimum absolute atomic E-state index is 0.305. The van der Waals surface area contributed by atoms with Crippen molar-refractivity contribution in [2.45, 2.75) is 39.3 Å². The first-order chi connectivity index (χ1) is 9.61. The molecule has 1 N–H and O–H groups in total. The Hall–Kier alpha value is -0.580. The van der Waals surface area contributed by atoms with Crippen LogP contribution in [0.2, 0.25) is 0 Å². The SMILES string of the molecule is CCCNC(C)c1cc(Br)ccc1N1CCOC(C)C1. The van der Waals surface area contributed by atoms with Crippen LogP contribution in [-0.2, 0) is 4.74 Å². The van der Waals surface area contributed by atoms with Crippen LogP contribution >= 0.6 is 15.9 Å². The summed E-state index contributed by atoms with van der Waals surface area (Å²) in [6.07, 6.45) is 1.46. The molecule has 0 saturated carbocycles. The lowest BCUT2D eigenvalue weighted by Gasteiger charge is -2.35. The number of hydrogen-bond acceptors (Lipinski definition) is 3. The molecule has 2 rings (SSSR count). The van der Waals surface area contributed by atoms with Gasteiger partial charge in [0.2, 0.25) is 0 Å². The van der Waals surface area contributed by atoms with Gasteiger partial charge < -0.3 is 15.0 Å². The number of benzene rings is 1. The highest BCUT2D eigenvalue weighted by Crippen LogP contribution is 2.30. The highest BCUT2D eigenvalue weighted by atomic mass is 79.9. The Morgan fingerprint density at radius 2 is 2.30 bits per heavy atom. The number of nitrogens with zero attached hydrogens (tertiary/aromatic N) is 1. The summed E-state index contributed by atoms with van der Waals surface area (Å²) in [6, 6.07) is 6.95. The monoisotopic (exact) mass is 340 g/mol. The van der Waals surface area contributed by atoms with E-state index in [0.29, 0.717) is 12.1 Å². The zero-order valence-corrected chi connectivity index (χ0v) is 14.2. The Morgan fingerprint density at radius 1 is 1.50 bits per heavy atom. The van der Waals surface area contributed by atoms with E-state index in [4.69, 9.17) is 4.74 Å². The van der Waals surface area contributed by atoms with Gasteiger partial charge in [-0.25, -0.2) is 0 Å². The fourth-order valence-corrected chi connectivity index (χ4v) is 3.05. The first-order valence-corrected chi connectivity index (χ1v) is 8.30. The molecule has 0 radical (unpaired) electrons. The quantitative estimate of drug-likeness (QED) is 0.883. The van der Waals surface area contributed by atoms with Gasteiger partial charge in [0.05, 0.1) is 12.7 Å². The molecule has 20 heavy (non-hydrogen) atoms. The van der Waals surface area contributed by atoms with Crippen molar-refractivity contribution in [3.05, 3.63) is 28.2 Å². The summed E-state index contributed by atoms with van der Waals surface area (Å²) in [5, 5.41) is 3.59. The van der Waals surface area contributed by atoms with Crippen LogP contribution in [-0.4, -0.2) is 32.3 Å². The number of rotatable bonds is 5. The Balaban J connectivity index is 2.22. The molecule has 1 aromatic carbocycles. The Bertz CT molecular complexity index is 438. The van der Waals surface area contributed by atoms with Gasteiger partial charge in [-0.3, -0.25) is 0 Å². The van der Waals surface area contributed by atoms with Crippen molar-refractivity contribution in [2.24, 2.45) is 0 Å². The van der Waals surface area contributed by atoms with Crippen LogP contribution < -0.4 is 10.2 Å². The molecule has 0 spiro atoms. The van der Waals surface area contributed by atoms with E-state index in [1.54, 1.807) is 0 Å². The molecular formula is C16H25BrN2O. The smallest absolute Gasteiger partial charge is 0.0722 e. The number of halogens is 1. The summed E-state index contributed by atoms with van der Waals surface area (Å²) in [7, 11) is 0. The van der Waals surface area contributed by atoms with Gasteiger partial charge in [0.25, 0.3) is 0 Å². The first kappa shape index (κ1) is 15.8. The Morgan fingerprint density at radius 3 is 3.00 bits per heavy atom. The lowest BCUT2D eigenvalue weighted by Crippen LogP contribution is -2.41. The number of ether oxygens (including phenoxy) is 1. The molecule has 1 saturated heterocycles. The third-order valence-corrected chi connectivity index (χ3v) is 4.23. The van der Waals surface area contributed by atoms with Gasteiger partial charge in [-0.1, -0.05) is 22.9 Å². The second kappa shape index (κ2) is 7.43. The predicted octanol–water partition coefficient (Wildman–Crippen LogP) is 3.73. The lowest BCUT2D eigenvalue weighted by molar-refractivity contribution is 0.0531. The molecular weight excluding hydrogens is 316 g/mol. The van der Waals surface area contributed by atoms with E-state index in [1.807, 2.05) is 0 Å². The third kappa shape index (κ3) is 3.96. The van der Waals surface area contributed by atoms with Gasteiger partial charge in [-0.05, 0) is 50.6 Å². The summed E-state index contributed by atoms with van der Waals surface area (Å²) in [5.41, 5.74) is 2.70. The fraction of sp³-hybridized carbons (Fsp3) is 0.625. The molecule has 1 aliphatic rings. The number of anilines is 1. The van der Waals surface area contributed by atoms with Crippen molar-refractivity contribution in [1.82, 2.24) is 5.32 Å². The van der Waals surface area contributed by atoms with Crippen LogP contribution in [0.25, 0.3) is 0 Å². The highest BCUT2D eigenvalue weighted by molar-refractivity contribution is 9.10. The van der Waals surface area contributed by atoms with Crippen molar-refractivity contribution in [2.75, 3.05) is 31.1 Å². The summed E-state index contributed by atoms with van der Waals surface area (Å²) in [5.74, 6) is 0. The molecule has 2 unspecified atom stereocenters. The van der Waals surface area contributed by atoms with Crippen LogP contribution in [0.1, 0.15) is 38.8 Å². The zero-order valence-electron chi connectivity index (χ0n) is 12.7. The predicted molar refractivity (Wildman–Crippen MR) is 88.5 cm³/mol. The van der Waals surface area contributed by atoms with Crippen molar-refractivity contribution >= 4 is 21.6 Å². The molecule has 1 heterocycles. The Kier molecular flexibility index (Phi) is 5.87. The molecule has 1 aromatic rings. The topological polar surface area (TPSA) is 24.5 Å². The van der Waals surface area contributed by atoms with E-state index >= 15 is 0 Å². The molecule has 0 aromatic heterocycles. The number of morpholine rings is 1. The molecule has 1 aliphatic heterocycles. The maximum Gasteiger partial charge on any atom is 0.0722 e. The van der Waals surface area contributed by atoms with Gasteiger partial charge >= 0.3 is 0 Å². The number of hydrogen-bond donors (Lipinski definition) is 1. The maximum atomic E-state index is 5.65. The second-order valence-corrected chi connectivity index (χ2v) is 6.42. The summed E-state index contributed by atoms with van der Waals surface area (Å²) in [6.45, 7) is 10.4. The van der Waals surface area contributed by atoms with E-state index < -0.39 is 0 Å². The van der Waals surface area contributed by atoms with Crippen LogP contribution in [0.15, 0.2) is 22.7 Å². The van der Waals surface area contributed by atoms with Gasteiger partial charge in [0.1, 0.15) is 0 Å². The van der Waals surface area contributed by atoms with Gasteiger partial charge in [-0.15, -0.1) is 0 Å². The fourth-order valence-electron chi connectivity index (χ4n) is 2.67. The van der Waals surface area contributed by atoms with Crippen molar-refractivity contribution in [3.63, 3.8) is 0 Å². The van der Waals surface area contributed by atoms with Gasteiger partial charge in [0.15, 0.2) is 0 Å². The van der Waals surface area contributed by atoms with Crippen molar-refractivity contribution in [1.29, 1.82) is 0 Å². The van der Waals surface area contributed by atoms with Crippen LogP contribution in [0.5, 0.6) is 0 Å². The molecule has 1 fully saturated rings. The minimum atomic E-state index is 0.305. The average molecular weight is 341 g/mol. The summed E-state index contributed by atoms with van der Waals surface area (Å²) < 4.78 is 6.79. The van der Waals surface area contributed by atoms with Crippen molar-refractivity contribution in [3.8, 4) is 0 Å². The van der Waals surface area contributed by atoms with E-state index in [1.165, 1.54) is 11.3 Å². The van der Waals surface area contributed by atoms with E-state index in [0.717, 1.165) is 37.1 Å². The van der Waals surface area contributed by atoms with Crippen LogP contribution in [0, 0.1) is 0 Å². The van der Waals surface area contributed by atoms with Crippen LogP contribution in [0.3, 0.4) is 0 Å². The lowest BCUT2D eigenvalue weighted by atomic mass is 10.0. The molecule has 3 nitrogen and oxygen atoms in total. The molecule has 4 heteroatoms. The van der Waals surface area contributed by atoms with Gasteiger partial charge in [0, 0.05) is 29.3 Å². The maximum absolute atomic E-state index is 5.65. The summed E-state index contributed by atoms with van der Waals surface area (Å²) >= 11 is 3.60. The third-order valence-electron chi connectivity index (χ3n) is 3.74. The molecule has 0 aliphatic carbocycles. The standard InChI is InChI=1S/C16H25BrN2O/c1-4-7-18-13(3)15-10-14(17)5-6-16(15)19-8-9-20-12(2)11-19/h5-6,10,12-13,18H,4,7-9,11H2,1-3H3. The zero-order chi connectivity index (χ0) is 14.5. The average Bonchev–Trinajstić information content (AvgIpc) is 2.44. The van der Waals surface area contributed by atoms with E-state index in [2.05, 4.69) is 65.1 Å². The summed E-state index contributed by atoms with van der Waals surface area (Å²) in [4.78, 5) is 2.44. The number of nitrogens with one attached hydrogen (secondary N) is 1. The molecule has 2 atom stereocenters. The second-order valence-electron chi connectivity index (χ2n) is 5.51. The minimum Gasteiger partial charge on any atom is -0.375 e. The van der Waals surface area contributed by atoms with Crippen molar-refractivity contribution < 1.29 is 4.74 Å². The van der Waals surface area contributed by atoms with E-state index in [9.17, 15) is 0 Å². The van der Waals surface area contributed by atoms with Gasteiger partial charge in [-0.2, -0.15) is 0 Å². The largest absolute Gasteiger partial charge is 0.375 e. The normalized spacial score (nSPS) is 21.0. The highest BCUT2D eigenvalue weighted by Gasteiger charge is 2.21. The molecule has 112 valence electrons. The Labute approximate surface area is 130 Å². The van der Waals surface area contributed by atoms with E-state index in [-0.39, 0.29) is 0 Å². The molecule has 0 bridgehead atoms. The molecule has 0 amide bonds.